The van der Waals surface area contributed by atoms with Crippen molar-refractivity contribution in [3.05, 3.63) is 0 Å². The number of nitrogens with one attached hydrogen (secondary N) is 1. The fourth-order valence-electron chi connectivity index (χ4n) is 2.87. The number of ether oxygens (including phenoxy) is 1. The summed E-state index contributed by atoms with van der Waals surface area (Å²) in [5.74, 6) is 0.822. The van der Waals surface area contributed by atoms with Gasteiger partial charge in [-0.25, -0.2) is 0 Å². The summed E-state index contributed by atoms with van der Waals surface area (Å²) in [5.41, 5.74) is 0. The number of hydrogen-bond acceptors (Lipinski definition) is 3. The van der Waals surface area contributed by atoms with Crippen LogP contribution >= 0.6 is 0 Å². The van der Waals surface area contributed by atoms with Crippen molar-refractivity contribution in [2.75, 3.05) is 32.8 Å². The molecule has 0 spiro atoms. The number of rotatable bonds is 4. The Morgan fingerprint density at radius 1 is 1.44 bits per heavy atom. The van der Waals surface area contributed by atoms with Gasteiger partial charge in [0.1, 0.15) is 0 Å². The smallest absolute Gasteiger partial charge is 0.0495 e. The molecule has 3 unspecified atom stereocenters. The van der Waals surface area contributed by atoms with E-state index in [1.165, 1.54) is 38.9 Å². The second-order valence-electron chi connectivity index (χ2n) is 5.38. The Labute approximate surface area is 99.5 Å². The van der Waals surface area contributed by atoms with Crippen LogP contribution in [0.4, 0.5) is 0 Å². The highest BCUT2D eigenvalue weighted by Gasteiger charge is 2.25. The number of nitrogens with zero attached hydrogens (tertiary/aromatic N) is 1. The molecule has 2 aliphatic heterocycles. The third kappa shape index (κ3) is 3.19. The van der Waals surface area contributed by atoms with Crippen molar-refractivity contribution in [1.82, 2.24) is 10.2 Å². The standard InChI is InChI=1S/C13H26N2O/c1-3-13-8-14-11(2)9-15(13)6-4-12-5-7-16-10-12/h11-14H,3-10H2,1-2H3. The highest BCUT2D eigenvalue weighted by Crippen LogP contribution is 2.19. The maximum absolute atomic E-state index is 5.44. The number of hydrogen-bond donors (Lipinski definition) is 1. The van der Waals surface area contributed by atoms with E-state index in [0.717, 1.165) is 25.2 Å². The third-order valence-electron chi connectivity index (χ3n) is 4.05. The minimum absolute atomic E-state index is 0.655. The molecule has 2 rings (SSSR count). The van der Waals surface area contributed by atoms with E-state index in [0.29, 0.717) is 6.04 Å². The first-order valence-corrected chi connectivity index (χ1v) is 6.84. The zero-order valence-corrected chi connectivity index (χ0v) is 10.7. The maximum Gasteiger partial charge on any atom is 0.0495 e. The molecular formula is C13H26N2O. The van der Waals surface area contributed by atoms with E-state index >= 15 is 0 Å². The molecule has 16 heavy (non-hydrogen) atoms. The summed E-state index contributed by atoms with van der Waals surface area (Å²) in [6, 6.07) is 1.40. The molecule has 0 aromatic carbocycles. The van der Waals surface area contributed by atoms with Gasteiger partial charge in [-0.2, -0.15) is 0 Å². The fraction of sp³-hybridized carbons (Fsp3) is 1.00. The van der Waals surface area contributed by atoms with Gasteiger partial charge in [-0.15, -0.1) is 0 Å². The molecule has 2 aliphatic rings. The molecule has 3 atom stereocenters. The molecule has 3 nitrogen and oxygen atoms in total. The predicted molar refractivity (Wildman–Crippen MR) is 66.7 cm³/mol. The predicted octanol–water partition coefficient (Wildman–Crippen LogP) is 1.49. The Bertz CT molecular complexity index is 204. The second-order valence-corrected chi connectivity index (χ2v) is 5.38. The van der Waals surface area contributed by atoms with Crippen molar-refractivity contribution in [2.45, 2.75) is 45.2 Å². The van der Waals surface area contributed by atoms with Crippen LogP contribution in [0.1, 0.15) is 33.1 Å². The van der Waals surface area contributed by atoms with Crippen molar-refractivity contribution in [2.24, 2.45) is 5.92 Å². The van der Waals surface area contributed by atoms with Gasteiger partial charge in [-0.3, -0.25) is 4.90 Å². The lowest BCUT2D eigenvalue weighted by atomic mass is 10.0. The van der Waals surface area contributed by atoms with Crippen molar-refractivity contribution < 1.29 is 4.74 Å². The van der Waals surface area contributed by atoms with Gasteiger partial charge in [0, 0.05) is 38.4 Å². The Morgan fingerprint density at radius 2 is 2.31 bits per heavy atom. The summed E-state index contributed by atoms with van der Waals surface area (Å²) < 4.78 is 5.44. The molecule has 2 saturated heterocycles. The molecular weight excluding hydrogens is 200 g/mol. The minimum Gasteiger partial charge on any atom is -0.381 e. The summed E-state index contributed by atoms with van der Waals surface area (Å²) in [5, 5.41) is 3.57. The van der Waals surface area contributed by atoms with Crippen LogP contribution < -0.4 is 5.32 Å². The van der Waals surface area contributed by atoms with Crippen molar-refractivity contribution in [3.8, 4) is 0 Å². The van der Waals surface area contributed by atoms with Gasteiger partial charge in [0.05, 0.1) is 0 Å². The van der Waals surface area contributed by atoms with E-state index in [4.69, 9.17) is 4.74 Å². The topological polar surface area (TPSA) is 24.5 Å². The molecule has 0 amide bonds. The Hall–Kier alpha value is -0.120. The minimum atomic E-state index is 0.655. The van der Waals surface area contributed by atoms with E-state index in [1.54, 1.807) is 0 Å². The lowest BCUT2D eigenvalue weighted by molar-refractivity contribution is 0.119. The van der Waals surface area contributed by atoms with Gasteiger partial charge in [-0.05, 0) is 38.6 Å². The van der Waals surface area contributed by atoms with E-state index in [9.17, 15) is 0 Å². The van der Waals surface area contributed by atoms with Crippen LogP contribution in [0, 0.1) is 5.92 Å². The van der Waals surface area contributed by atoms with Crippen LogP contribution in [0.5, 0.6) is 0 Å². The molecule has 2 heterocycles. The average Bonchev–Trinajstić information content (AvgIpc) is 2.79. The van der Waals surface area contributed by atoms with Crippen molar-refractivity contribution in [3.63, 3.8) is 0 Å². The Balaban J connectivity index is 1.76. The molecule has 0 aliphatic carbocycles. The monoisotopic (exact) mass is 226 g/mol. The summed E-state index contributed by atoms with van der Waals surface area (Å²) in [4.78, 5) is 2.68. The first kappa shape index (κ1) is 12.3. The second kappa shape index (κ2) is 5.99. The van der Waals surface area contributed by atoms with Crippen molar-refractivity contribution in [1.29, 1.82) is 0 Å². The largest absolute Gasteiger partial charge is 0.381 e. The van der Waals surface area contributed by atoms with Crippen LogP contribution in [-0.2, 0) is 4.74 Å². The summed E-state index contributed by atoms with van der Waals surface area (Å²) in [6.45, 7) is 10.2. The van der Waals surface area contributed by atoms with Gasteiger partial charge in [-0.1, -0.05) is 6.92 Å². The van der Waals surface area contributed by atoms with Crippen LogP contribution in [0.3, 0.4) is 0 Å². The van der Waals surface area contributed by atoms with E-state index < -0.39 is 0 Å². The summed E-state index contributed by atoms with van der Waals surface area (Å²) in [7, 11) is 0. The highest BCUT2D eigenvalue weighted by molar-refractivity contribution is 4.83. The molecule has 2 fully saturated rings. The first-order valence-electron chi connectivity index (χ1n) is 6.84. The van der Waals surface area contributed by atoms with Gasteiger partial charge in [0.15, 0.2) is 0 Å². The zero-order valence-electron chi connectivity index (χ0n) is 10.7. The highest BCUT2D eigenvalue weighted by atomic mass is 16.5. The Morgan fingerprint density at radius 3 is 3.00 bits per heavy atom. The normalized spacial score (nSPS) is 36.8. The molecule has 0 radical (unpaired) electrons. The average molecular weight is 226 g/mol. The molecule has 0 aromatic rings. The first-order chi connectivity index (χ1) is 7.79. The van der Waals surface area contributed by atoms with Gasteiger partial charge in [0.2, 0.25) is 0 Å². The molecule has 3 heteroatoms. The quantitative estimate of drug-likeness (QED) is 0.786. The maximum atomic E-state index is 5.44. The summed E-state index contributed by atoms with van der Waals surface area (Å²) >= 11 is 0. The van der Waals surface area contributed by atoms with Gasteiger partial charge in [0.25, 0.3) is 0 Å². The summed E-state index contributed by atoms with van der Waals surface area (Å²) in [6.07, 6.45) is 3.86. The lowest BCUT2D eigenvalue weighted by Crippen LogP contribution is -2.55. The van der Waals surface area contributed by atoms with Crippen LogP contribution in [-0.4, -0.2) is 49.8 Å². The number of piperazine rings is 1. The van der Waals surface area contributed by atoms with E-state index in [-0.39, 0.29) is 0 Å². The van der Waals surface area contributed by atoms with Gasteiger partial charge < -0.3 is 10.1 Å². The Kier molecular flexibility index (Phi) is 4.62. The van der Waals surface area contributed by atoms with Crippen LogP contribution in [0.25, 0.3) is 0 Å². The van der Waals surface area contributed by atoms with Crippen LogP contribution in [0.2, 0.25) is 0 Å². The van der Waals surface area contributed by atoms with Gasteiger partial charge >= 0.3 is 0 Å². The lowest BCUT2D eigenvalue weighted by Gasteiger charge is -2.39. The van der Waals surface area contributed by atoms with Crippen molar-refractivity contribution >= 4 is 0 Å². The molecule has 0 bridgehead atoms. The molecule has 0 saturated carbocycles. The molecule has 94 valence electrons. The zero-order chi connectivity index (χ0) is 11.4. The SMILES string of the molecule is CCC1CNC(C)CN1CCC1CCOC1. The molecule has 1 N–H and O–H groups in total. The van der Waals surface area contributed by atoms with E-state index in [1.807, 2.05) is 0 Å². The molecule has 0 aromatic heterocycles. The van der Waals surface area contributed by atoms with E-state index in [2.05, 4.69) is 24.1 Å². The fourth-order valence-corrected chi connectivity index (χ4v) is 2.87. The third-order valence-corrected chi connectivity index (χ3v) is 4.05. The van der Waals surface area contributed by atoms with Crippen LogP contribution in [0.15, 0.2) is 0 Å².